The summed E-state index contributed by atoms with van der Waals surface area (Å²) in [5.74, 6) is -0.153. The van der Waals surface area contributed by atoms with Gasteiger partial charge in [-0.05, 0) is 24.3 Å². The Morgan fingerprint density at radius 3 is 2.67 bits per heavy atom. The minimum atomic E-state index is -0.153. The quantitative estimate of drug-likeness (QED) is 0.464. The fourth-order valence-corrected chi connectivity index (χ4v) is 3.99. The summed E-state index contributed by atoms with van der Waals surface area (Å²) in [6.45, 7) is 0.370. The second kappa shape index (κ2) is 7.88. The fourth-order valence-electron chi connectivity index (χ4n) is 3.16. The summed E-state index contributed by atoms with van der Waals surface area (Å²) in [5.41, 5.74) is 5.06. The predicted molar refractivity (Wildman–Crippen MR) is 117 cm³/mol. The number of fused-ring (bicyclic) bond motifs is 1. The SMILES string of the molecule is O=C(NCc1csc(-c2ccncc2)n1)c1ccn2cc(-c3ccccc3)nc2c1. The predicted octanol–water partition coefficient (Wildman–Crippen LogP) is 4.45. The molecule has 1 N–H and O–H groups in total. The van der Waals surface area contributed by atoms with E-state index in [4.69, 9.17) is 0 Å². The lowest BCUT2D eigenvalue weighted by Gasteiger charge is -2.04. The van der Waals surface area contributed by atoms with Crippen LogP contribution in [0.5, 0.6) is 0 Å². The monoisotopic (exact) mass is 411 g/mol. The summed E-state index contributed by atoms with van der Waals surface area (Å²) in [5, 5.41) is 5.81. The van der Waals surface area contributed by atoms with Crippen LogP contribution >= 0.6 is 11.3 Å². The average molecular weight is 411 g/mol. The summed E-state index contributed by atoms with van der Waals surface area (Å²) >= 11 is 1.55. The Bertz CT molecular complexity index is 1310. The Hall–Kier alpha value is -3.84. The van der Waals surface area contributed by atoms with E-state index < -0.39 is 0 Å². The van der Waals surface area contributed by atoms with Gasteiger partial charge in [0.2, 0.25) is 0 Å². The van der Waals surface area contributed by atoms with E-state index in [9.17, 15) is 4.79 Å². The lowest BCUT2D eigenvalue weighted by Crippen LogP contribution is -2.23. The third kappa shape index (κ3) is 3.70. The van der Waals surface area contributed by atoms with Gasteiger partial charge in [0.15, 0.2) is 0 Å². The Balaban J connectivity index is 1.30. The van der Waals surface area contributed by atoms with Crippen molar-refractivity contribution in [2.75, 3.05) is 0 Å². The first kappa shape index (κ1) is 18.2. The molecule has 4 heterocycles. The molecule has 0 aliphatic carbocycles. The van der Waals surface area contributed by atoms with Gasteiger partial charge in [-0.3, -0.25) is 9.78 Å². The molecule has 5 rings (SSSR count). The summed E-state index contributed by atoms with van der Waals surface area (Å²) in [4.78, 5) is 25.9. The van der Waals surface area contributed by atoms with Gasteiger partial charge in [-0.15, -0.1) is 11.3 Å². The molecule has 0 bridgehead atoms. The zero-order valence-corrected chi connectivity index (χ0v) is 16.7. The zero-order chi connectivity index (χ0) is 20.3. The van der Waals surface area contributed by atoms with Crippen LogP contribution in [0, 0.1) is 0 Å². The van der Waals surface area contributed by atoms with E-state index >= 15 is 0 Å². The topological polar surface area (TPSA) is 72.2 Å². The van der Waals surface area contributed by atoms with Gasteiger partial charge >= 0.3 is 0 Å². The van der Waals surface area contributed by atoms with Gasteiger partial charge in [0.05, 0.1) is 17.9 Å². The molecule has 0 saturated carbocycles. The molecule has 0 spiro atoms. The molecule has 0 atom stereocenters. The first-order chi connectivity index (χ1) is 14.8. The fraction of sp³-hybridized carbons (Fsp3) is 0.0435. The molecule has 0 saturated heterocycles. The van der Waals surface area contributed by atoms with Crippen molar-refractivity contribution in [2.45, 2.75) is 6.54 Å². The second-order valence-electron chi connectivity index (χ2n) is 6.74. The van der Waals surface area contributed by atoms with Gasteiger partial charge in [-0.25, -0.2) is 9.97 Å². The maximum absolute atomic E-state index is 12.6. The van der Waals surface area contributed by atoms with Crippen molar-refractivity contribution in [3.05, 3.63) is 96.0 Å². The Morgan fingerprint density at radius 2 is 1.83 bits per heavy atom. The standard InChI is InChI=1S/C23H17N5OS/c29-22(25-13-19-15-30-23(26-19)17-6-9-24-10-7-17)18-8-11-28-14-20(27-21(28)12-18)16-4-2-1-3-5-16/h1-12,14-15H,13H2,(H,25,29). The van der Waals surface area contributed by atoms with Crippen LogP contribution < -0.4 is 5.32 Å². The summed E-state index contributed by atoms with van der Waals surface area (Å²) in [7, 11) is 0. The molecule has 4 aromatic heterocycles. The molecule has 0 radical (unpaired) electrons. The first-order valence-electron chi connectivity index (χ1n) is 9.43. The number of amides is 1. The number of hydrogen-bond donors (Lipinski definition) is 1. The van der Waals surface area contributed by atoms with Crippen LogP contribution in [0.3, 0.4) is 0 Å². The summed E-state index contributed by atoms with van der Waals surface area (Å²) in [6, 6.07) is 17.4. The molecule has 0 unspecified atom stereocenters. The third-order valence-corrected chi connectivity index (χ3v) is 5.64. The molecule has 0 aliphatic heterocycles. The number of hydrogen-bond acceptors (Lipinski definition) is 5. The zero-order valence-electron chi connectivity index (χ0n) is 15.9. The highest BCUT2D eigenvalue weighted by atomic mass is 32.1. The number of aromatic nitrogens is 4. The van der Waals surface area contributed by atoms with E-state index in [1.807, 2.05) is 64.6 Å². The molecule has 7 heteroatoms. The second-order valence-corrected chi connectivity index (χ2v) is 7.59. The molecule has 0 fully saturated rings. The van der Waals surface area contributed by atoms with Crippen LogP contribution in [0.2, 0.25) is 0 Å². The van der Waals surface area contributed by atoms with Crippen molar-refractivity contribution in [3.63, 3.8) is 0 Å². The largest absolute Gasteiger partial charge is 0.346 e. The van der Waals surface area contributed by atoms with E-state index in [0.29, 0.717) is 12.1 Å². The molecule has 146 valence electrons. The molecule has 1 amide bonds. The number of pyridine rings is 2. The van der Waals surface area contributed by atoms with Crippen molar-refractivity contribution in [3.8, 4) is 21.8 Å². The van der Waals surface area contributed by atoms with Gasteiger partial charge in [0, 0.05) is 46.9 Å². The van der Waals surface area contributed by atoms with Crippen molar-refractivity contribution >= 4 is 22.9 Å². The van der Waals surface area contributed by atoms with Crippen molar-refractivity contribution in [2.24, 2.45) is 0 Å². The van der Waals surface area contributed by atoms with E-state index in [-0.39, 0.29) is 5.91 Å². The molecular weight excluding hydrogens is 394 g/mol. The van der Waals surface area contributed by atoms with Gasteiger partial charge < -0.3 is 9.72 Å². The molecular formula is C23H17N5OS. The van der Waals surface area contributed by atoms with Crippen LogP contribution in [0.1, 0.15) is 16.1 Å². The first-order valence-corrected chi connectivity index (χ1v) is 10.3. The number of imidazole rings is 1. The smallest absolute Gasteiger partial charge is 0.251 e. The van der Waals surface area contributed by atoms with Gasteiger partial charge in [-0.1, -0.05) is 30.3 Å². The number of nitrogens with one attached hydrogen (secondary N) is 1. The number of benzene rings is 1. The molecule has 1 aromatic carbocycles. The molecule has 30 heavy (non-hydrogen) atoms. The minimum Gasteiger partial charge on any atom is -0.346 e. The summed E-state index contributed by atoms with van der Waals surface area (Å²) in [6.07, 6.45) is 7.30. The molecule has 6 nitrogen and oxygen atoms in total. The van der Waals surface area contributed by atoms with Crippen LogP contribution in [-0.4, -0.2) is 25.3 Å². The summed E-state index contributed by atoms with van der Waals surface area (Å²) < 4.78 is 1.92. The maximum atomic E-state index is 12.6. The van der Waals surface area contributed by atoms with Crippen LogP contribution in [0.4, 0.5) is 0 Å². The van der Waals surface area contributed by atoms with Crippen LogP contribution in [0.25, 0.3) is 27.5 Å². The normalized spacial score (nSPS) is 10.9. The van der Waals surface area contributed by atoms with Gasteiger partial charge in [0.25, 0.3) is 5.91 Å². The third-order valence-electron chi connectivity index (χ3n) is 4.70. The Morgan fingerprint density at radius 1 is 1.00 bits per heavy atom. The van der Waals surface area contributed by atoms with E-state index in [0.717, 1.165) is 33.2 Å². The van der Waals surface area contributed by atoms with Crippen LogP contribution in [-0.2, 0) is 6.54 Å². The highest BCUT2D eigenvalue weighted by Gasteiger charge is 2.11. The highest BCUT2D eigenvalue weighted by molar-refractivity contribution is 7.13. The number of rotatable bonds is 5. The number of nitrogens with zero attached hydrogens (tertiary/aromatic N) is 4. The molecule has 5 aromatic rings. The van der Waals surface area contributed by atoms with E-state index in [1.54, 1.807) is 35.9 Å². The van der Waals surface area contributed by atoms with Crippen LogP contribution in [0.15, 0.2) is 84.8 Å². The van der Waals surface area contributed by atoms with Gasteiger partial charge in [-0.2, -0.15) is 0 Å². The minimum absolute atomic E-state index is 0.153. The maximum Gasteiger partial charge on any atom is 0.251 e. The lowest BCUT2D eigenvalue weighted by atomic mass is 10.2. The Kier molecular flexibility index (Phi) is 4.78. The van der Waals surface area contributed by atoms with Crippen molar-refractivity contribution in [1.82, 2.24) is 24.7 Å². The number of thiazole rings is 1. The van der Waals surface area contributed by atoms with E-state index in [2.05, 4.69) is 20.3 Å². The molecule has 0 aliphatic rings. The Labute approximate surface area is 176 Å². The number of carbonyl (C=O) groups excluding carboxylic acids is 1. The number of carbonyl (C=O) groups is 1. The lowest BCUT2D eigenvalue weighted by molar-refractivity contribution is 0.0950. The van der Waals surface area contributed by atoms with Crippen molar-refractivity contribution in [1.29, 1.82) is 0 Å². The highest BCUT2D eigenvalue weighted by Crippen LogP contribution is 2.23. The van der Waals surface area contributed by atoms with Gasteiger partial charge in [0.1, 0.15) is 10.7 Å². The van der Waals surface area contributed by atoms with E-state index in [1.165, 1.54) is 0 Å². The average Bonchev–Trinajstić information content (AvgIpc) is 3.45. The van der Waals surface area contributed by atoms with Crippen molar-refractivity contribution < 1.29 is 4.79 Å².